The van der Waals surface area contributed by atoms with Gasteiger partial charge in [0.15, 0.2) is 0 Å². The van der Waals surface area contributed by atoms with Gasteiger partial charge in [-0.25, -0.2) is 8.78 Å². The van der Waals surface area contributed by atoms with Crippen molar-refractivity contribution in [2.75, 3.05) is 0 Å². The minimum Gasteiger partial charge on any atom is -0.307 e. The van der Waals surface area contributed by atoms with Crippen LogP contribution in [0, 0.1) is 11.6 Å². The Labute approximate surface area is 118 Å². The minimum atomic E-state index is -0.236. The highest BCUT2D eigenvalue weighted by molar-refractivity contribution is 5.21. The van der Waals surface area contributed by atoms with Crippen LogP contribution < -0.4 is 5.32 Å². The number of nitrogens with one attached hydrogen (secondary N) is 1. The van der Waals surface area contributed by atoms with Crippen molar-refractivity contribution in [3.8, 4) is 0 Å². The number of hydrogen-bond acceptors (Lipinski definition) is 1. The number of halogens is 2. The van der Waals surface area contributed by atoms with Crippen LogP contribution in [-0.2, 0) is 6.42 Å². The normalized spacial score (nSPS) is 14.0. The van der Waals surface area contributed by atoms with Crippen LogP contribution >= 0.6 is 0 Å². The summed E-state index contributed by atoms with van der Waals surface area (Å²) >= 11 is 0. The SMILES string of the molecule is CC(Cc1ccccc1F)N[C@H](C)c1ccc(F)cc1. The maximum Gasteiger partial charge on any atom is 0.126 e. The first-order chi connectivity index (χ1) is 9.56. The van der Waals surface area contributed by atoms with Gasteiger partial charge in [-0.3, -0.25) is 0 Å². The van der Waals surface area contributed by atoms with Crippen LogP contribution in [0.25, 0.3) is 0 Å². The molecular weight excluding hydrogens is 256 g/mol. The molecule has 0 aromatic heterocycles. The maximum atomic E-state index is 13.6. The van der Waals surface area contributed by atoms with Gasteiger partial charge in [-0.2, -0.15) is 0 Å². The van der Waals surface area contributed by atoms with Crippen molar-refractivity contribution in [3.05, 3.63) is 71.3 Å². The van der Waals surface area contributed by atoms with E-state index in [1.165, 1.54) is 18.2 Å². The van der Waals surface area contributed by atoms with E-state index >= 15 is 0 Å². The van der Waals surface area contributed by atoms with Gasteiger partial charge in [-0.15, -0.1) is 0 Å². The van der Waals surface area contributed by atoms with Gasteiger partial charge in [0.25, 0.3) is 0 Å². The highest BCUT2D eigenvalue weighted by atomic mass is 19.1. The van der Waals surface area contributed by atoms with Crippen molar-refractivity contribution in [1.29, 1.82) is 0 Å². The highest BCUT2D eigenvalue weighted by Gasteiger charge is 2.11. The summed E-state index contributed by atoms with van der Waals surface area (Å²) in [6, 6.07) is 13.5. The van der Waals surface area contributed by atoms with Gasteiger partial charge >= 0.3 is 0 Å². The van der Waals surface area contributed by atoms with E-state index in [-0.39, 0.29) is 23.7 Å². The largest absolute Gasteiger partial charge is 0.307 e. The topological polar surface area (TPSA) is 12.0 Å². The predicted octanol–water partition coefficient (Wildman–Crippen LogP) is 4.25. The lowest BCUT2D eigenvalue weighted by Gasteiger charge is -2.20. The molecule has 0 radical (unpaired) electrons. The fraction of sp³-hybridized carbons (Fsp3) is 0.294. The molecule has 2 rings (SSSR count). The Morgan fingerprint density at radius 3 is 2.25 bits per heavy atom. The molecule has 2 aromatic rings. The smallest absolute Gasteiger partial charge is 0.126 e. The third-order valence-electron chi connectivity index (χ3n) is 3.39. The number of rotatable bonds is 5. The molecule has 0 amide bonds. The van der Waals surface area contributed by atoms with Gasteiger partial charge in [-0.05, 0) is 49.6 Å². The van der Waals surface area contributed by atoms with Crippen LogP contribution in [0.2, 0.25) is 0 Å². The van der Waals surface area contributed by atoms with Crippen LogP contribution in [-0.4, -0.2) is 6.04 Å². The van der Waals surface area contributed by atoms with Crippen LogP contribution in [0.15, 0.2) is 48.5 Å². The zero-order valence-electron chi connectivity index (χ0n) is 11.7. The van der Waals surface area contributed by atoms with Crippen molar-refractivity contribution >= 4 is 0 Å². The van der Waals surface area contributed by atoms with Crippen molar-refractivity contribution in [3.63, 3.8) is 0 Å². The molecule has 1 unspecified atom stereocenters. The molecule has 0 aliphatic heterocycles. The predicted molar refractivity (Wildman–Crippen MR) is 77.5 cm³/mol. The molecule has 1 nitrogen and oxygen atoms in total. The summed E-state index contributed by atoms with van der Waals surface area (Å²) in [5.74, 6) is -0.407. The van der Waals surface area contributed by atoms with Crippen LogP contribution in [0.3, 0.4) is 0 Å². The van der Waals surface area contributed by atoms with E-state index in [0.717, 1.165) is 5.56 Å². The van der Waals surface area contributed by atoms with Crippen LogP contribution in [0.1, 0.15) is 31.0 Å². The number of benzene rings is 2. The van der Waals surface area contributed by atoms with Gasteiger partial charge in [-0.1, -0.05) is 30.3 Å². The first kappa shape index (κ1) is 14.7. The van der Waals surface area contributed by atoms with E-state index in [1.54, 1.807) is 24.3 Å². The van der Waals surface area contributed by atoms with Crippen molar-refractivity contribution < 1.29 is 8.78 Å². The average Bonchev–Trinajstić information content (AvgIpc) is 2.42. The van der Waals surface area contributed by atoms with Gasteiger partial charge in [0.2, 0.25) is 0 Å². The Hall–Kier alpha value is -1.74. The zero-order valence-corrected chi connectivity index (χ0v) is 11.7. The molecule has 0 aliphatic rings. The van der Waals surface area contributed by atoms with Gasteiger partial charge in [0, 0.05) is 12.1 Å². The quantitative estimate of drug-likeness (QED) is 0.860. The fourth-order valence-electron chi connectivity index (χ4n) is 2.33. The van der Waals surface area contributed by atoms with Gasteiger partial charge < -0.3 is 5.32 Å². The Morgan fingerprint density at radius 2 is 1.60 bits per heavy atom. The molecule has 0 fully saturated rings. The summed E-state index contributed by atoms with van der Waals surface area (Å²) in [5, 5.41) is 3.40. The molecule has 0 bridgehead atoms. The Balaban J connectivity index is 1.96. The van der Waals surface area contributed by atoms with E-state index in [4.69, 9.17) is 0 Å². The molecule has 20 heavy (non-hydrogen) atoms. The lowest BCUT2D eigenvalue weighted by Crippen LogP contribution is -2.31. The molecule has 1 N–H and O–H groups in total. The monoisotopic (exact) mass is 275 g/mol. The molecule has 0 heterocycles. The van der Waals surface area contributed by atoms with Gasteiger partial charge in [0.05, 0.1) is 0 Å². The first-order valence-electron chi connectivity index (χ1n) is 6.81. The third-order valence-corrected chi connectivity index (χ3v) is 3.39. The van der Waals surface area contributed by atoms with Crippen LogP contribution in [0.4, 0.5) is 8.78 Å². The van der Waals surface area contributed by atoms with Crippen molar-refractivity contribution in [2.24, 2.45) is 0 Å². The molecular formula is C17H19F2N. The minimum absolute atomic E-state index is 0.0948. The van der Waals surface area contributed by atoms with Gasteiger partial charge in [0.1, 0.15) is 11.6 Å². The summed E-state index contributed by atoms with van der Waals surface area (Å²) in [6.07, 6.45) is 0.623. The standard InChI is InChI=1S/C17H19F2N/c1-12(11-15-5-3-4-6-17(15)19)20-13(2)14-7-9-16(18)10-8-14/h3-10,12-13,20H,11H2,1-2H3/t12?,13-/m1/s1. The third kappa shape index (κ3) is 3.87. The van der Waals surface area contributed by atoms with Crippen LogP contribution in [0.5, 0.6) is 0 Å². The lowest BCUT2D eigenvalue weighted by molar-refractivity contribution is 0.468. The van der Waals surface area contributed by atoms with E-state index in [0.29, 0.717) is 12.0 Å². The Kier molecular flexibility index (Phi) is 4.85. The highest BCUT2D eigenvalue weighted by Crippen LogP contribution is 2.15. The van der Waals surface area contributed by atoms with Crippen molar-refractivity contribution in [2.45, 2.75) is 32.4 Å². The van der Waals surface area contributed by atoms with E-state index in [1.807, 2.05) is 19.9 Å². The van der Waals surface area contributed by atoms with E-state index in [9.17, 15) is 8.78 Å². The zero-order chi connectivity index (χ0) is 14.5. The van der Waals surface area contributed by atoms with E-state index < -0.39 is 0 Å². The molecule has 0 aliphatic carbocycles. The summed E-state index contributed by atoms with van der Waals surface area (Å²) in [6.45, 7) is 4.04. The molecule has 2 aromatic carbocycles. The molecule has 3 heteroatoms. The second-order valence-electron chi connectivity index (χ2n) is 5.14. The summed E-state index contributed by atoms with van der Waals surface area (Å²) in [4.78, 5) is 0. The maximum absolute atomic E-state index is 13.6. The number of hydrogen-bond donors (Lipinski definition) is 1. The Morgan fingerprint density at radius 1 is 0.950 bits per heavy atom. The molecule has 0 saturated heterocycles. The molecule has 106 valence electrons. The Bertz CT molecular complexity index is 551. The molecule has 0 spiro atoms. The lowest BCUT2D eigenvalue weighted by atomic mass is 10.0. The van der Waals surface area contributed by atoms with E-state index in [2.05, 4.69) is 5.32 Å². The summed E-state index contributed by atoms with van der Waals surface area (Å²) in [5.41, 5.74) is 1.73. The molecule has 0 saturated carbocycles. The summed E-state index contributed by atoms with van der Waals surface area (Å²) in [7, 11) is 0. The fourth-order valence-corrected chi connectivity index (χ4v) is 2.33. The second kappa shape index (κ2) is 6.62. The molecule has 2 atom stereocenters. The average molecular weight is 275 g/mol. The first-order valence-corrected chi connectivity index (χ1v) is 6.81. The second-order valence-corrected chi connectivity index (χ2v) is 5.14. The van der Waals surface area contributed by atoms with Crippen molar-refractivity contribution in [1.82, 2.24) is 5.32 Å². The summed E-state index contributed by atoms with van der Waals surface area (Å²) < 4.78 is 26.5.